The number of hydrogen-bond donors (Lipinski definition) is 1. The first kappa shape index (κ1) is 18.3. The van der Waals surface area contributed by atoms with E-state index in [2.05, 4.69) is 20.2 Å². The van der Waals surface area contributed by atoms with Gasteiger partial charge in [-0.15, -0.1) is 32.9 Å². The fourth-order valence-electron chi connectivity index (χ4n) is 2.65. The van der Waals surface area contributed by atoms with E-state index in [9.17, 15) is 8.42 Å². The van der Waals surface area contributed by atoms with Crippen LogP contribution in [0.15, 0.2) is 27.1 Å². The van der Waals surface area contributed by atoms with Crippen molar-refractivity contribution in [2.75, 3.05) is 12.8 Å². The van der Waals surface area contributed by atoms with Gasteiger partial charge in [0.25, 0.3) is 11.8 Å². The summed E-state index contributed by atoms with van der Waals surface area (Å²) < 4.78 is 31.4. The van der Waals surface area contributed by atoms with Gasteiger partial charge in [-0.3, -0.25) is 0 Å². The van der Waals surface area contributed by atoms with Gasteiger partial charge in [-0.25, -0.2) is 22.7 Å². The van der Waals surface area contributed by atoms with Crippen molar-refractivity contribution >= 4 is 50.3 Å². The zero-order valence-electron chi connectivity index (χ0n) is 14.1. The maximum atomic E-state index is 12.4. The topological polar surface area (TPSA) is 128 Å². The first-order valence-corrected chi connectivity index (χ1v) is 11.2. The molecule has 3 aromatic rings. The Labute approximate surface area is 167 Å². The van der Waals surface area contributed by atoms with Crippen LogP contribution in [0.4, 0.5) is 0 Å². The van der Waals surface area contributed by atoms with Gasteiger partial charge >= 0.3 is 0 Å². The number of guanidine groups is 1. The van der Waals surface area contributed by atoms with Crippen LogP contribution in [-0.4, -0.2) is 46.7 Å². The SMILES string of the molecule is CN1C(N)=N[C@](C)(c2sc(-c3nnc(-c4nccs4)o3)cc2Cl)CS1(=O)=O. The molecule has 4 rings (SSSR count). The highest BCUT2D eigenvalue weighted by molar-refractivity contribution is 7.89. The van der Waals surface area contributed by atoms with E-state index in [4.69, 9.17) is 21.8 Å². The number of aliphatic imine (C=N–C) groups is 1. The smallest absolute Gasteiger partial charge is 0.277 e. The Kier molecular flexibility index (Phi) is 4.25. The van der Waals surface area contributed by atoms with Gasteiger partial charge in [-0.1, -0.05) is 11.6 Å². The number of nitrogens with two attached hydrogens (primary N) is 1. The maximum absolute atomic E-state index is 12.4. The Balaban J connectivity index is 1.74. The summed E-state index contributed by atoms with van der Waals surface area (Å²) in [5.74, 6) is 0.250. The van der Waals surface area contributed by atoms with Crippen molar-refractivity contribution in [3.8, 4) is 21.7 Å². The molecule has 0 saturated carbocycles. The number of sulfonamides is 1. The molecule has 0 spiro atoms. The Morgan fingerprint density at radius 3 is 2.78 bits per heavy atom. The van der Waals surface area contributed by atoms with E-state index in [0.29, 0.717) is 25.7 Å². The van der Waals surface area contributed by atoms with E-state index in [-0.39, 0.29) is 17.6 Å². The molecule has 0 fully saturated rings. The fourth-order valence-corrected chi connectivity index (χ4v) is 6.29. The number of thiophene rings is 1. The minimum Gasteiger partial charge on any atom is -0.413 e. The summed E-state index contributed by atoms with van der Waals surface area (Å²) in [4.78, 5) is 9.67. The molecule has 0 amide bonds. The van der Waals surface area contributed by atoms with Gasteiger partial charge in [-0.2, -0.15) is 0 Å². The molecule has 13 heteroatoms. The Bertz CT molecular complexity index is 1140. The summed E-state index contributed by atoms with van der Waals surface area (Å²) in [5.41, 5.74) is 4.70. The van der Waals surface area contributed by atoms with Crippen LogP contribution in [0.2, 0.25) is 5.02 Å². The van der Waals surface area contributed by atoms with Gasteiger partial charge in [0.05, 0.1) is 20.5 Å². The van der Waals surface area contributed by atoms with Crippen molar-refractivity contribution < 1.29 is 12.8 Å². The van der Waals surface area contributed by atoms with Crippen molar-refractivity contribution in [1.82, 2.24) is 19.5 Å². The predicted molar refractivity (Wildman–Crippen MR) is 104 cm³/mol. The van der Waals surface area contributed by atoms with Gasteiger partial charge in [0.15, 0.2) is 5.01 Å². The molecule has 2 N–H and O–H groups in total. The van der Waals surface area contributed by atoms with E-state index in [1.807, 2.05) is 5.38 Å². The van der Waals surface area contributed by atoms with Gasteiger partial charge in [0.2, 0.25) is 16.0 Å². The Morgan fingerprint density at radius 2 is 2.11 bits per heavy atom. The molecule has 1 atom stereocenters. The fraction of sp³-hybridized carbons (Fsp3) is 0.286. The number of thiazole rings is 1. The second-order valence-electron chi connectivity index (χ2n) is 6.00. The summed E-state index contributed by atoms with van der Waals surface area (Å²) in [6.07, 6.45) is 1.65. The van der Waals surface area contributed by atoms with Crippen LogP contribution in [0.25, 0.3) is 21.7 Å². The highest BCUT2D eigenvalue weighted by Gasteiger charge is 2.42. The number of rotatable bonds is 3. The molecule has 0 radical (unpaired) electrons. The molecular formula is C14H13ClN6O3S3. The van der Waals surface area contributed by atoms with Crippen LogP contribution in [-0.2, 0) is 15.6 Å². The molecule has 1 aliphatic heterocycles. The van der Waals surface area contributed by atoms with Gasteiger partial charge in [0.1, 0.15) is 5.54 Å². The first-order valence-electron chi connectivity index (χ1n) is 7.55. The van der Waals surface area contributed by atoms with Crippen LogP contribution in [0.1, 0.15) is 11.8 Å². The van der Waals surface area contributed by atoms with E-state index in [1.165, 1.54) is 29.7 Å². The van der Waals surface area contributed by atoms with Crippen molar-refractivity contribution in [3.05, 3.63) is 27.5 Å². The van der Waals surface area contributed by atoms with E-state index in [0.717, 1.165) is 4.31 Å². The summed E-state index contributed by atoms with van der Waals surface area (Å²) >= 11 is 9.02. The highest BCUT2D eigenvalue weighted by Crippen LogP contribution is 2.44. The molecule has 4 heterocycles. The van der Waals surface area contributed by atoms with E-state index < -0.39 is 15.6 Å². The minimum atomic E-state index is -3.60. The van der Waals surface area contributed by atoms with E-state index >= 15 is 0 Å². The molecule has 142 valence electrons. The lowest BCUT2D eigenvalue weighted by molar-refractivity contribution is 0.482. The quantitative estimate of drug-likeness (QED) is 0.656. The van der Waals surface area contributed by atoms with Crippen molar-refractivity contribution in [3.63, 3.8) is 0 Å². The standard InChI is InChI=1S/C14H13ClN6O3S3/c1-14(6-27(22,23)21(2)13(16)18-14)9-7(15)5-8(26-9)10-19-20-11(24-10)12-17-3-4-25-12/h3-5H,6H2,1-2H3,(H2,16,18)/t14-/m0/s1. The summed E-state index contributed by atoms with van der Waals surface area (Å²) in [6.45, 7) is 1.68. The molecule has 0 bridgehead atoms. The van der Waals surface area contributed by atoms with Crippen LogP contribution >= 0.6 is 34.3 Å². The predicted octanol–water partition coefficient (Wildman–Crippen LogP) is 2.38. The lowest BCUT2D eigenvalue weighted by Crippen LogP contribution is -2.50. The normalized spacial score (nSPS) is 22.0. The van der Waals surface area contributed by atoms with Crippen LogP contribution in [0.5, 0.6) is 0 Å². The molecule has 3 aromatic heterocycles. The summed E-state index contributed by atoms with van der Waals surface area (Å²) in [5, 5.41) is 10.8. The molecule has 1 aliphatic rings. The average molecular weight is 445 g/mol. The zero-order chi connectivity index (χ0) is 19.4. The third-order valence-corrected chi connectivity index (χ3v) is 8.49. The molecule has 27 heavy (non-hydrogen) atoms. The molecule has 9 nitrogen and oxygen atoms in total. The summed E-state index contributed by atoms with van der Waals surface area (Å²) in [7, 11) is -2.23. The Morgan fingerprint density at radius 1 is 1.37 bits per heavy atom. The average Bonchev–Trinajstić information content (AvgIpc) is 3.31. The van der Waals surface area contributed by atoms with Crippen LogP contribution in [0, 0.1) is 0 Å². The molecular weight excluding hydrogens is 432 g/mol. The van der Waals surface area contributed by atoms with Crippen molar-refractivity contribution in [2.45, 2.75) is 12.5 Å². The van der Waals surface area contributed by atoms with Gasteiger partial charge in [0, 0.05) is 18.6 Å². The lowest BCUT2D eigenvalue weighted by atomic mass is 10.0. The highest BCUT2D eigenvalue weighted by atomic mass is 35.5. The second-order valence-corrected chi connectivity index (χ2v) is 10.4. The van der Waals surface area contributed by atoms with Crippen molar-refractivity contribution in [2.24, 2.45) is 10.7 Å². The maximum Gasteiger partial charge on any atom is 0.277 e. The summed E-state index contributed by atoms with van der Waals surface area (Å²) in [6, 6.07) is 1.66. The van der Waals surface area contributed by atoms with Gasteiger partial charge < -0.3 is 10.2 Å². The molecule has 0 unspecified atom stereocenters. The van der Waals surface area contributed by atoms with Crippen molar-refractivity contribution in [1.29, 1.82) is 0 Å². The first-order chi connectivity index (χ1) is 12.7. The molecule has 0 aromatic carbocycles. The number of nitrogens with zero attached hydrogens (tertiary/aromatic N) is 5. The largest absolute Gasteiger partial charge is 0.413 e. The number of halogens is 1. The molecule has 0 saturated heterocycles. The van der Waals surface area contributed by atoms with E-state index in [1.54, 1.807) is 19.2 Å². The number of aromatic nitrogens is 3. The number of hydrogen-bond acceptors (Lipinski definition) is 10. The third kappa shape index (κ3) is 3.12. The van der Waals surface area contributed by atoms with Crippen LogP contribution < -0.4 is 5.73 Å². The lowest BCUT2D eigenvalue weighted by Gasteiger charge is -2.33. The van der Waals surface area contributed by atoms with Crippen LogP contribution in [0.3, 0.4) is 0 Å². The van der Waals surface area contributed by atoms with Gasteiger partial charge in [-0.05, 0) is 13.0 Å². The Hall–Kier alpha value is -2.02. The second kappa shape index (κ2) is 6.26. The molecule has 0 aliphatic carbocycles. The monoisotopic (exact) mass is 444 g/mol. The zero-order valence-corrected chi connectivity index (χ0v) is 17.3. The minimum absolute atomic E-state index is 0.0846. The third-order valence-electron chi connectivity index (χ3n) is 3.99.